The Bertz CT molecular complexity index is 388. The number of benzene rings is 1. The van der Waals surface area contributed by atoms with Crippen LogP contribution in [0, 0.1) is 12.8 Å². The Morgan fingerprint density at radius 3 is 2.62 bits per heavy atom. The van der Waals surface area contributed by atoms with E-state index in [2.05, 4.69) is 0 Å². The van der Waals surface area contributed by atoms with Crippen LogP contribution in [0.5, 0.6) is 5.75 Å². The van der Waals surface area contributed by atoms with Gasteiger partial charge in [0.2, 0.25) is 0 Å². The summed E-state index contributed by atoms with van der Waals surface area (Å²) in [4.78, 5) is 0. The molecular formula is C13H18ClNO. The van der Waals surface area contributed by atoms with Gasteiger partial charge in [0.1, 0.15) is 5.75 Å². The number of hydrogen-bond donors (Lipinski definition) is 1. The van der Waals surface area contributed by atoms with E-state index >= 15 is 0 Å². The Kier molecular flexibility index (Phi) is 3.41. The summed E-state index contributed by atoms with van der Waals surface area (Å²) < 4.78 is 5.43. The molecule has 1 unspecified atom stereocenters. The largest absolute Gasteiger partial charge is 0.496 e. The van der Waals surface area contributed by atoms with Crippen LogP contribution in [-0.4, -0.2) is 7.11 Å². The van der Waals surface area contributed by atoms with Crippen LogP contribution in [0.3, 0.4) is 0 Å². The van der Waals surface area contributed by atoms with E-state index in [1.165, 1.54) is 19.3 Å². The van der Waals surface area contributed by atoms with Crippen LogP contribution in [0.1, 0.15) is 36.4 Å². The minimum Gasteiger partial charge on any atom is -0.496 e. The molecule has 1 aromatic rings. The van der Waals surface area contributed by atoms with Gasteiger partial charge in [-0.2, -0.15) is 0 Å². The number of nitrogens with two attached hydrogens (primary N) is 1. The van der Waals surface area contributed by atoms with Crippen LogP contribution in [-0.2, 0) is 0 Å². The molecule has 1 aromatic carbocycles. The van der Waals surface area contributed by atoms with Crippen LogP contribution in [0.2, 0.25) is 5.02 Å². The van der Waals surface area contributed by atoms with Gasteiger partial charge in [-0.3, -0.25) is 0 Å². The molecule has 88 valence electrons. The Labute approximate surface area is 102 Å². The third-order valence-electron chi connectivity index (χ3n) is 3.49. The summed E-state index contributed by atoms with van der Waals surface area (Å²) in [7, 11) is 1.69. The summed E-state index contributed by atoms with van der Waals surface area (Å²) in [5.41, 5.74) is 8.38. The minimum absolute atomic E-state index is 0.0566. The third-order valence-corrected chi connectivity index (χ3v) is 3.71. The molecule has 2 nitrogen and oxygen atoms in total. The monoisotopic (exact) mass is 239 g/mol. The maximum Gasteiger partial charge on any atom is 0.126 e. The molecule has 0 aliphatic heterocycles. The van der Waals surface area contributed by atoms with Gasteiger partial charge < -0.3 is 10.5 Å². The zero-order chi connectivity index (χ0) is 11.7. The lowest BCUT2D eigenvalue weighted by molar-refractivity contribution is 0.259. The Morgan fingerprint density at radius 1 is 1.44 bits per heavy atom. The van der Waals surface area contributed by atoms with E-state index in [1.54, 1.807) is 7.11 Å². The number of hydrogen-bond acceptors (Lipinski definition) is 2. The summed E-state index contributed by atoms with van der Waals surface area (Å²) in [6, 6.07) is 3.91. The van der Waals surface area contributed by atoms with Crippen molar-refractivity contribution in [3.63, 3.8) is 0 Å². The predicted octanol–water partition coefficient (Wildman–Crippen LogP) is 3.46. The molecule has 0 heterocycles. The van der Waals surface area contributed by atoms with Crippen molar-refractivity contribution < 1.29 is 4.74 Å². The second kappa shape index (κ2) is 4.64. The number of aryl methyl sites for hydroxylation is 1. The van der Waals surface area contributed by atoms with Crippen molar-refractivity contribution in [2.24, 2.45) is 11.7 Å². The lowest BCUT2D eigenvalue weighted by Crippen LogP contribution is -2.27. The number of methoxy groups -OCH3 is 1. The summed E-state index contributed by atoms with van der Waals surface area (Å²) in [6.07, 6.45) is 3.73. The molecule has 1 aliphatic carbocycles. The molecule has 1 aliphatic rings. The van der Waals surface area contributed by atoms with E-state index in [-0.39, 0.29) is 6.04 Å². The minimum atomic E-state index is 0.0566. The number of rotatable bonds is 3. The van der Waals surface area contributed by atoms with Crippen molar-refractivity contribution in [2.45, 2.75) is 32.2 Å². The maximum atomic E-state index is 6.28. The summed E-state index contributed by atoms with van der Waals surface area (Å²) in [6.45, 7) is 2.00. The van der Waals surface area contributed by atoms with Gasteiger partial charge in [0.15, 0.2) is 0 Å². The molecule has 0 aromatic heterocycles. The van der Waals surface area contributed by atoms with Gasteiger partial charge in [-0.25, -0.2) is 0 Å². The third kappa shape index (κ3) is 2.04. The Morgan fingerprint density at radius 2 is 2.12 bits per heavy atom. The molecule has 0 saturated heterocycles. The van der Waals surface area contributed by atoms with E-state index < -0.39 is 0 Å². The summed E-state index contributed by atoms with van der Waals surface area (Å²) >= 11 is 6.08. The van der Waals surface area contributed by atoms with Crippen molar-refractivity contribution in [1.82, 2.24) is 0 Å². The van der Waals surface area contributed by atoms with Crippen molar-refractivity contribution >= 4 is 11.6 Å². The van der Waals surface area contributed by atoms with E-state index in [1.807, 2.05) is 19.1 Å². The molecule has 0 bridgehead atoms. The van der Waals surface area contributed by atoms with Gasteiger partial charge in [0.25, 0.3) is 0 Å². The molecule has 2 N–H and O–H groups in total. The van der Waals surface area contributed by atoms with E-state index in [9.17, 15) is 0 Å². The highest BCUT2D eigenvalue weighted by atomic mass is 35.5. The highest BCUT2D eigenvalue weighted by molar-refractivity contribution is 6.30. The molecule has 0 radical (unpaired) electrons. The van der Waals surface area contributed by atoms with Gasteiger partial charge in [-0.15, -0.1) is 0 Å². The van der Waals surface area contributed by atoms with Crippen LogP contribution in [0.4, 0.5) is 0 Å². The Balaban J connectivity index is 2.36. The quantitative estimate of drug-likeness (QED) is 0.877. The molecule has 2 rings (SSSR count). The number of ether oxygens (including phenoxy) is 1. The van der Waals surface area contributed by atoms with E-state index in [4.69, 9.17) is 22.1 Å². The fraction of sp³-hybridized carbons (Fsp3) is 0.538. The molecule has 0 spiro atoms. The van der Waals surface area contributed by atoms with E-state index in [0.717, 1.165) is 21.9 Å². The highest BCUT2D eigenvalue weighted by Gasteiger charge is 2.28. The van der Waals surface area contributed by atoms with Crippen molar-refractivity contribution in [1.29, 1.82) is 0 Å². The van der Waals surface area contributed by atoms with Gasteiger partial charge in [0, 0.05) is 16.6 Å². The SMILES string of the molecule is COc1c(C)cc(Cl)cc1C(N)C1CCC1. The lowest BCUT2D eigenvalue weighted by Gasteiger charge is -2.32. The Hall–Kier alpha value is -0.730. The fourth-order valence-electron chi connectivity index (χ4n) is 2.34. The van der Waals surface area contributed by atoms with Gasteiger partial charge in [0.05, 0.1) is 7.11 Å². The van der Waals surface area contributed by atoms with Crippen LogP contribution < -0.4 is 10.5 Å². The van der Waals surface area contributed by atoms with Crippen molar-refractivity contribution in [3.8, 4) is 5.75 Å². The second-order valence-electron chi connectivity index (χ2n) is 4.56. The van der Waals surface area contributed by atoms with Gasteiger partial charge in [-0.1, -0.05) is 18.0 Å². The number of halogens is 1. The molecule has 1 atom stereocenters. The molecule has 1 fully saturated rings. The highest BCUT2D eigenvalue weighted by Crippen LogP contribution is 2.41. The summed E-state index contributed by atoms with van der Waals surface area (Å²) in [5.74, 6) is 1.48. The van der Waals surface area contributed by atoms with E-state index in [0.29, 0.717) is 5.92 Å². The molecule has 16 heavy (non-hydrogen) atoms. The normalized spacial score (nSPS) is 18.0. The maximum absolute atomic E-state index is 6.28. The van der Waals surface area contributed by atoms with Crippen LogP contribution in [0.25, 0.3) is 0 Å². The molecular weight excluding hydrogens is 222 g/mol. The van der Waals surface area contributed by atoms with Crippen LogP contribution >= 0.6 is 11.6 Å². The zero-order valence-corrected chi connectivity index (χ0v) is 10.6. The fourth-order valence-corrected chi connectivity index (χ4v) is 2.62. The molecule has 1 saturated carbocycles. The van der Waals surface area contributed by atoms with Crippen molar-refractivity contribution in [2.75, 3.05) is 7.11 Å². The van der Waals surface area contributed by atoms with Gasteiger partial charge >= 0.3 is 0 Å². The first-order chi connectivity index (χ1) is 7.63. The average Bonchev–Trinajstić information content (AvgIpc) is 2.13. The van der Waals surface area contributed by atoms with Gasteiger partial charge in [-0.05, 0) is 43.4 Å². The molecule has 0 amide bonds. The summed E-state index contributed by atoms with van der Waals surface area (Å²) in [5, 5.41) is 0.739. The zero-order valence-electron chi connectivity index (χ0n) is 9.79. The first-order valence-electron chi connectivity index (χ1n) is 5.73. The average molecular weight is 240 g/mol. The van der Waals surface area contributed by atoms with Crippen molar-refractivity contribution in [3.05, 3.63) is 28.3 Å². The standard InChI is InChI=1S/C13H18ClNO/c1-8-6-10(14)7-11(13(8)16-2)12(15)9-4-3-5-9/h6-7,9,12H,3-5,15H2,1-2H3. The lowest BCUT2D eigenvalue weighted by atomic mass is 9.77. The topological polar surface area (TPSA) is 35.2 Å². The predicted molar refractivity (Wildman–Crippen MR) is 67.0 cm³/mol. The first kappa shape index (κ1) is 11.7. The smallest absolute Gasteiger partial charge is 0.126 e. The second-order valence-corrected chi connectivity index (χ2v) is 5.00. The van der Waals surface area contributed by atoms with Crippen LogP contribution in [0.15, 0.2) is 12.1 Å². The molecule has 3 heteroatoms. The first-order valence-corrected chi connectivity index (χ1v) is 6.11.